The molecule has 1 aliphatic heterocycles. The highest BCUT2D eigenvalue weighted by atomic mass is 79.9. The van der Waals surface area contributed by atoms with Gasteiger partial charge in [0.25, 0.3) is 5.69 Å². The van der Waals surface area contributed by atoms with Crippen molar-refractivity contribution < 1.29 is 4.92 Å². The molecule has 0 aromatic carbocycles. The Kier molecular flexibility index (Phi) is 3.89. The molecule has 0 amide bonds. The normalized spacial score (nSPS) is 22.9. The molecule has 0 bridgehead atoms. The van der Waals surface area contributed by atoms with Crippen LogP contribution < -0.4 is 5.32 Å². The molecule has 1 unspecified atom stereocenters. The van der Waals surface area contributed by atoms with E-state index in [1.54, 1.807) is 0 Å². The van der Waals surface area contributed by atoms with Crippen molar-refractivity contribution in [1.29, 1.82) is 0 Å². The molecule has 20 heavy (non-hydrogen) atoms. The van der Waals surface area contributed by atoms with E-state index in [1.807, 2.05) is 0 Å². The summed E-state index contributed by atoms with van der Waals surface area (Å²) in [5, 5.41) is 13.9. The van der Waals surface area contributed by atoms with Crippen molar-refractivity contribution in [3.8, 4) is 0 Å². The van der Waals surface area contributed by atoms with Gasteiger partial charge in [-0.1, -0.05) is 0 Å². The van der Waals surface area contributed by atoms with Gasteiger partial charge in [-0.2, -0.15) is 0 Å². The van der Waals surface area contributed by atoms with Crippen LogP contribution in [-0.4, -0.2) is 40.5 Å². The SMILES string of the molecule is O=[N+]([O-])c1cnc(NCC2CCN(C3CC3)C2)c(Br)c1. The summed E-state index contributed by atoms with van der Waals surface area (Å²) in [5.41, 5.74) is 0.00296. The first-order valence-electron chi connectivity index (χ1n) is 6.91. The standard InChI is InChI=1S/C13H17BrN4O2/c14-12-5-11(18(19)20)7-16-13(12)15-6-9-3-4-17(8-9)10-1-2-10/h5,7,9-10H,1-4,6,8H2,(H,15,16). The van der Waals surface area contributed by atoms with Gasteiger partial charge in [-0.05, 0) is 47.7 Å². The Morgan fingerprint density at radius 3 is 2.95 bits per heavy atom. The number of aromatic nitrogens is 1. The topological polar surface area (TPSA) is 71.3 Å². The molecule has 2 fully saturated rings. The largest absolute Gasteiger partial charge is 0.369 e. The number of nitrogens with one attached hydrogen (secondary N) is 1. The zero-order chi connectivity index (χ0) is 14.1. The summed E-state index contributed by atoms with van der Waals surface area (Å²) in [6.45, 7) is 3.22. The lowest BCUT2D eigenvalue weighted by molar-refractivity contribution is -0.385. The highest BCUT2D eigenvalue weighted by Gasteiger charge is 2.34. The highest BCUT2D eigenvalue weighted by Crippen LogP contribution is 2.32. The minimum Gasteiger partial charge on any atom is -0.369 e. The van der Waals surface area contributed by atoms with Gasteiger partial charge in [-0.15, -0.1) is 0 Å². The van der Waals surface area contributed by atoms with Gasteiger partial charge in [-0.25, -0.2) is 4.98 Å². The van der Waals surface area contributed by atoms with Gasteiger partial charge >= 0.3 is 0 Å². The maximum atomic E-state index is 10.7. The third kappa shape index (κ3) is 3.09. The predicted octanol–water partition coefficient (Wildman–Crippen LogP) is 2.65. The molecule has 3 rings (SSSR count). The van der Waals surface area contributed by atoms with Gasteiger partial charge in [0.15, 0.2) is 0 Å². The molecule has 0 spiro atoms. The molecule has 1 aliphatic carbocycles. The number of nitrogens with zero attached hydrogens (tertiary/aromatic N) is 3. The van der Waals surface area contributed by atoms with E-state index in [0.29, 0.717) is 16.2 Å². The Morgan fingerprint density at radius 2 is 2.30 bits per heavy atom. The van der Waals surface area contributed by atoms with Crippen LogP contribution in [0.4, 0.5) is 11.5 Å². The summed E-state index contributed by atoms with van der Waals surface area (Å²) in [7, 11) is 0. The number of likely N-dealkylation sites (tertiary alicyclic amines) is 1. The molecule has 1 aromatic heterocycles. The Balaban J connectivity index is 1.54. The summed E-state index contributed by atoms with van der Waals surface area (Å²) < 4.78 is 0.642. The molecule has 108 valence electrons. The van der Waals surface area contributed by atoms with E-state index >= 15 is 0 Å². The van der Waals surface area contributed by atoms with Crippen LogP contribution >= 0.6 is 15.9 Å². The average Bonchev–Trinajstić information content (AvgIpc) is 3.17. The zero-order valence-electron chi connectivity index (χ0n) is 11.1. The van der Waals surface area contributed by atoms with Crippen molar-refractivity contribution in [2.75, 3.05) is 25.0 Å². The van der Waals surface area contributed by atoms with Gasteiger partial charge in [0.05, 0.1) is 9.40 Å². The number of hydrogen-bond acceptors (Lipinski definition) is 5. The molecule has 1 aromatic rings. The van der Waals surface area contributed by atoms with Crippen molar-refractivity contribution in [2.24, 2.45) is 5.92 Å². The molecule has 2 aliphatic rings. The molecule has 2 heterocycles. The molecule has 1 N–H and O–H groups in total. The zero-order valence-corrected chi connectivity index (χ0v) is 12.7. The van der Waals surface area contributed by atoms with Gasteiger partial charge in [0, 0.05) is 25.2 Å². The fraction of sp³-hybridized carbons (Fsp3) is 0.615. The van der Waals surface area contributed by atoms with Crippen LogP contribution in [0.3, 0.4) is 0 Å². The molecular formula is C13H17BrN4O2. The summed E-state index contributed by atoms with van der Waals surface area (Å²) in [6, 6.07) is 2.32. The first-order chi connectivity index (χ1) is 9.63. The lowest BCUT2D eigenvalue weighted by Crippen LogP contribution is -2.25. The van der Waals surface area contributed by atoms with E-state index in [9.17, 15) is 10.1 Å². The summed E-state index contributed by atoms with van der Waals surface area (Å²) in [6.07, 6.45) is 5.22. The third-order valence-corrected chi connectivity index (χ3v) is 4.58. The van der Waals surface area contributed by atoms with Crippen LogP contribution in [0.2, 0.25) is 0 Å². The van der Waals surface area contributed by atoms with Crippen molar-refractivity contribution in [1.82, 2.24) is 9.88 Å². The molecule has 1 atom stereocenters. The maximum absolute atomic E-state index is 10.7. The van der Waals surface area contributed by atoms with Crippen molar-refractivity contribution in [2.45, 2.75) is 25.3 Å². The van der Waals surface area contributed by atoms with Gasteiger partial charge in [0.1, 0.15) is 12.0 Å². The Hall–Kier alpha value is -1.21. The number of halogens is 1. The van der Waals surface area contributed by atoms with Crippen LogP contribution in [0, 0.1) is 16.0 Å². The maximum Gasteiger partial charge on any atom is 0.288 e. The second-order valence-corrected chi connectivity index (χ2v) is 6.40. The van der Waals surface area contributed by atoms with Crippen molar-refractivity contribution >= 4 is 27.4 Å². The molecular weight excluding hydrogens is 324 g/mol. The van der Waals surface area contributed by atoms with Crippen molar-refractivity contribution in [3.05, 3.63) is 26.9 Å². The third-order valence-electron chi connectivity index (χ3n) is 3.98. The predicted molar refractivity (Wildman–Crippen MR) is 79.8 cm³/mol. The van der Waals surface area contributed by atoms with E-state index in [4.69, 9.17) is 0 Å². The fourth-order valence-electron chi connectivity index (χ4n) is 2.70. The van der Waals surface area contributed by atoms with E-state index in [-0.39, 0.29) is 5.69 Å². The van der Waals surface area contributed by atoms with Gasteiger partial charge in [-0.3, -0.25) is 10.1 Å². The molecule has 7 heteroatoms. The Morgan fingerprint density at radius 1 is 1.50 bits per heavy atom. The summed E-state index contributed by atoms with van der Waals surface area (Å²) in [5.74, 6) is 1.32. The number of nitro groups is 1. The quantitative estimate of drug-likeness (QED) is 0.659. The lowest BCUT2D eigenvalue weighted by atomic mass is 10.1. The number of pyridine rings is 1. The highest BCUT2D eigenvalue weighted by molar-refractivity contribution is 9.10. The Bertz CT molecular complexity index is 521. The molecule has 1 saturated carbocycles. The monoisotopic (exact) mass is 340 g/mol. The number of hydrogen-bond donors (Lipinski definition) is 1. The van der Waals surface area contributed by atoms with Crippen LogP contribution in [0.1, 0.15) is 19.3 Å². The summed E-state index contributed by atoms with van der Waals surface area (Å²) in [4.78, 5) is 16.9. The second-order valence-electron chi connectivity index (χ2n) is 5.54. The van der Waals surface area contributed by atoms with Gasteiger partial charge < -0.3 is 10.2 Å². The smallest absolute Gasteiger partial charge is 0.288 e. The summed E-state index contributed by atoms with van der Waals surface area (Å²) >= 11 is 3.33. The first-order valence-corrected chi connectivity index (χ1v) is 7.70. The fourth-order valence-corrected chi connectivity index (χ4v) is 3.18. The van der Waals surface area contributed by atoms with E-state index in [1.165, 1.54) is 38.1 Å². The van der Waals surface area contributed by atoms with Crippen LogP contribution in [-0.2, 0) is 0 Å². The van der Waals surface area contributed by atoms with E-state index in [0.717, 1.165) is 19.1 Å². The average molecular weight is 341 g/mol. The number of rotatable bonds is 5. The van der Waals surface area contributed by atoms with E-state index in [2.05, 4.69) is 31.1 Å². The molecule has 0 radical (unpaired) electrons. The minimum atomic E-state index is -0.438. The molecule has 6 nitrogen and oxygen atoms in total. The Labute approximate surface area is 125 Å². The van der Waals surface area contributed by atoms with E-state index < -0.39 is 4.92 Å². The van der Waals surface area contributed by atoms with Crippen LogP contribution in [0.25, 0.3) is 0 Å². The first kappa shape index (κ1) is 13.8. The second kappa shape index (κ2) is 5.65. The minimum absolute atomic E-state index is 0.00296. The van der Waals surface area contributed by atoms with Crippen LogP contribution in [0.15, 0.2) is 16.7 Å². The van der Waals surface area contributed by atoms with Crippen molar-refractivity contribution in [3.63, 3.8) is 0 Å². The molecule has 1 saturated heterocycles. The number of anilines is 1. The van der Waals surface area contributed by atoms with Crippen LogP contribution in [0.5, 0.6) is 0 Å². The lowest BCUT2D eigenvalue weighted by Gasteiger charge is -2.15. The van der Waals surface area contributed by atoms with Gasteiger partial charge in [0.2, 0.25) is 0 Å².